The molecule has 0 aliphatic carbocycles. The minimum atomic E-state index is -4.88. The third-order valence-corrected chi connectivity index (χ3v) is 1.80. The number of carboxylic acid groups (broad SMARTS) is 1. The van der Waals surface area contributed by atoms with Gasteiger partial charge in [0.25, 0.3) is 0 Å². The summed E-state index contributed by atoms with van der Waals surface area (Å²) < 4.78 is 44.1. The standard InChI is InChI=1S/C9H6ClF3O4/c10-6-2-1-5(16-4-8(14)15)3-7(6)17-9(11,12)13/h1-3H,4H2,(H,14,15). The highest BCUT2D eigenvalue weighted by Gasteiger charge is 2.32. The van der Waals surface area contributed by atoms with Gasteiger partial charge in [0, 0.05) is 6.07 Å². The Labute approximate surface area is 98.5 Å². The summed E-state index contributed by atoms with van der Waals surface area (Å²) >= 11 is 5.47. The van der Waals surface area contributed by atoms with Crippen LogP contribution in [0.15, 0.2) is 18.2 Å². The van der Waals surface area contributed by atoms with Crippen molar-refractivity contribution in [3.63, 3.8) is 0 Å². The van der Waals surface area contributed by atoms with E-state index in [0.29, 0.717) is 0 Å². The van der Waals surface area contributed by atoms with E-state index in [1.165, 1.54) is 6.07 Å². The number of hydrogen-bond donors (Lipinski definition) is 1. The SMILES string of the molecule is O=C(O)COc1ccc(Cl)c(OC(F)(F)F)c1. The highest BCUT2D eigenvalue weighted by atomic mass is 35.5. The number of alkyl halides is 3. The van der Waals surface area contributed by atoms with E-state index in [-0.39, 0.29) is 10.8 Å². The maximum atomic E-state index is 12.0. The van der Waals surface area contributed by atoms with Crippen LogP contribution in [-0.2, 0) is 4.79 Å². The van der Waals surface area contributed by atoms with Crippen LogP contribution in [0, 0.1) is 0 Å². The van der Waals surface area contributed by atoms with Crippen molar-refractivity contribution < 1.29 is 32.5 Å². The van der Waals surface area contributed by atoms with Crippen molar-refractivity contribution in [3.8, 4) is 11.5 Å². The Morgan fingerprint density at radius 3 is 2.59 bits per heavy atom. The van der Waals surface area contributed by atoms with Crippen molar-refractivity contribution in [1.29, 1.82) is 0 Å². The zero-order chi connectivity index (χ0) is 13.1. The first-order chi connectivity index (χ1) is 7.78. The maximum absolute atomic E-state index is 12.0. The number of benzene rings is 1. The number of carbonyl (C=O) groups is 1. The quantitative estimate of drug-likeness (QED) is 0.914. The van der Waals surface area contributed by atoms with Gasteiger partial charge in [-0.25, -0.2) is 4.79 Å². The van der Waals surface area contributed by atoms with Gasteiger partial charge in [-0.2, -0.15) is 0 Å². The number of aliphatic carboxylic acids is 1. The second kappa shape index (κ2) is 5.13. The predicted octanol–water partition coefficient (Wildman–Crippen LogP) is 2.70. The highest BCUT2D eigenvalue weighted by Crippen LogP contribution is 2.33. The number of ether oxygens (including phenoxy) is 2. The van der Waals surface area contributed by atoms with Crippen molar-refractivity contribution in [2.24, 2.45) is 0 Å². The second-order valence-electron chi connectivity index (χ2n) is 2.82. The zero-order valence-corrected chi connectivity index (χ0v) is 8.88. The molecule has 1 rings (SSSR count). The topological polar surface area (TPSA) is 55.8 Å². The summed E-state index contributed by atoms with van der Waals surface area (Å²) in [4.78, 5) is 10.2. The lowest BCUT2D eigenvalue weighted by Crippen LogP contribution is -2.17. The van der Waals surface area contributed by atoms with E-state index in [2.05, 4.69) is 9.47 Å². The average molecular weight is 271 g/mol. The molecule has 0 heterocycles. The van der Waals surface area contributed by atoms with E-state index in [1.807, 2.05) is 0 Å². The van der Waals surface area contributed by atoms with E-state index in [1.54, 1.807) is 0 Å². The Bertz CT molecular complexity index is 419. The van der Waals surface area contributed by atoms with Crippen molar-refractivity contribution in [3.05, 3.63) is 23.2 Å². The first-order valence-electron chi connectivity index (χ1n) is 4.18. The van der Waals surface area contributed by atoms with Gasteiger partial charge in [-0.15, -0.1) is 13.2 Å². The molecule has 0 aliphatic rings. The second-order valence-corrected chi connectivity index (χ2v) is 3.23. The third-order valence-electron chi connectivity index (χ3n) is 1.49. The van der Waals surface area contributed by atoms with Crippen LogP contribution in [-0.4, -0.2) is 24.0 Å². The van der Waals surface area contributed by atoms with Crippen LogP contribution in [0.5, 0.6) is 11.5 Å². The van der Waals surface area contributed by atoms with Gasteiger partial charge in [0.05, 0.1) is 5.02 Å². The van der Waals surface area contributed by atoms with Gasteiger partial charge in [-0.05, 0) is 12.1 Å². The molecule has 0 amide bonds. The molecule has 1 N–H and O–H groups in total. The van der Waals surface area contributed by atoms with Gasteiger partial charge in [0.2, 0.25) is 0 Å². The molecule has 0 aromatic heterocycles. The molecule has 0 aliphatic heterocycles. The fourth-order valence-corrected chi connectivity index (χ4v) is 1.08. The Kier molecular flexibility index (Phi) is 4.06. The van der Waals surface area contributed by atoms with Crippen LogP contribution in [0.25, 0.3) is 0 Å². The van der Waals surface area contributed by atoms with E-state index >= 15 is 0 Å². The summed E-state index contributed by atoms with van der Waals surface area (Å²) in [7, 11) is 0. The molecule has 17 heavy (non-hydrogen) atoms. The number of halogens is 4. The third kappa shape index (κ3) is 4.81. The highest BCUT2D eigenvalue weighted by molar-refractivity contribution is 6.32. The van der Waals surface area contributed by atoms with E-state index in [4.69, 9.17) is 16.7 Å². The van der Waals surface area contributed by atoms with Gasteiger partial charge in [-0.1, -0.05) is 11.6 Å². The predicted molar refractivity (Wildman–Crippen MR) is 51.3 cm³/mol. The molecule has 94 valence electrons. The lowest BCUT2D eigenvalue weighted by molar-refractivity contribution is -0.274. The van der Waals surface area contributed by atoms with E-state index < -0.39 is 24.7 Å². The lowest BCUT2D eigenvalue weighted by Gasteiger charge is -2.11. The number of hydrogen-bond acceptors (Lipinski definition) is 3. The Morgan fingerprint density at radius 2 is 2.06 bits per heavy atom. The molecule has 0 atom stereocenters. The monoisotopic (exact) mass is 270 g/mol. The van der Waals surface area contributed by atoms with Gasteiger partial charge >= 0.3 is 12.3 Å². The molecule has 1 aromatic carbocycles. The molecule has 8 heteroatoms. The molecule has 0 spiro atoms. The first kappa shape index (κ1) is 13.4. The molecule has 0 fully saturated rings. The number of carboxylic acids is 1. The number of rotatable bonds is 4. The smallest absolute Gasteiger partial charge is 0.482 e. The van der Waals surface area contributed by atoms with Crippen LogP contribution in [0.4, 0.5) is 13.2 Å². The molecule has 4 nitrogen and oxygen atoms in total. The molecule has 0 radical (unpaired) electrons. The Balaban J connectivity index is 2.83. The summed E-state index contributed by atoms with van der Waals surface area (Å²) in [6.07, 6.45) is -4.88. The largest absolute Gasteiger partial charge is 0.573 e. The normalized spacial score (nSPS) is 11.1. The average Bonchev–Trinajstić information content (AvgIpc) is 2.17. The zero-order valence-electron chi connectivity index (χ0n) is 8.12. The van der Waals surface area contributed by atoms with Crippen molar-refractivity contribution in [2.45, 2.75) is 6.36 Å². The van der Waals surface area contributed by atoms with Crippen molar-refractivity contribution in [1.82, 2.24) is 0 Å². The summed E-state index contributed by atoms with van der Waals surface area (Å²) in [6, 6.07) is 3.20. The lowest BCUT2D eigenvalue weighted by atomic mass is 10.3. The van der Waals surface area contributed by atoms with Gasteiger partial charge in [0.15, 0.2) is 12.4 Å². The summed E-state index contributed by atoms with van der Waals surface area (Å²) in [6.45, 7) is -0.674. The van der Waals surface area contributed by atoms with E-state index in [0.717, 1.165) is 12.1 Å². The minimum Gasteiger partial charge on any atom is -0.482 e. The summed E-state index contributed by atoms with van der Waals surface area (Å²) in [5, 5.41) is 8.06. The molecule has 0 saturated carbocycles. The molecule has 0 unspecified atom stereocenters. The fourth-order valence-electron chi connectivity index (χ4n) is 0.921. The van der Waals surface area contributed by atoms with Crippen molar-refractivity contribution in [2.75, 3.05) is 6.61 Å². The maximum Gasteiger partial charge on any atom is 0.573 e. The van der Waals surface area contributed by atoms with Crippen LogP contribution in [0.1, 0.15) is 0 Å². The first-order valence-corrected chi connectivity index (χ1v) is 4.55. The van der Waals surface area contributed by atoms with E-state index in [9.17, 15) is 18.0 Å². The molecular weight excluding hydrogens is 265 g/mol. The van der Waals surface area contributed by atoms with Crippen molar-refractivity contribution >= 4 is 17.6 Å². The summed E-state index contributed by atoms with van der Waals surface area (Å²) in [5.41, 5.74) is 0. The minimum absolute atomic E-state index is 0.0870. The van der Waals surface area contributed by atoms with Crippen LogP contribution < -0.4 is 9.47 Å². The van der Waals surface area contributed by atoms with Crippen LogP contribution >= 0.6 is 11.6 Å². The molecular formula is C9H6ClF3O4. The molecule has 0 saturated heterocycles. The van der Waals surface area contributed by atoms with Gasteiger partial charge < -0.3 is 14.6 Å². The molecule has 1 aromatic rings. The fraction of sp³-hybridized carbons (Fsp3) is 0.222. The van der Waals surface area contributed by atoms with Crippen LogP contribution in [0.2, 0.25) is 5.02 Å². The van der Waals surface area contributed by atoms with Crippen LogP contribution in [0.3, 0.4) is 0 Å². The Morgan fingerprint density at radius 1 is 1.41 bits per heavy atom. The summed E-state index contributed by atoms with van der Waals surface area (Å²) in [5.74, 6) is -1.99. The van der Waals surface area contributed by atoms with Gasteiger partial charge in [-0.3, -0.25) is 0 Å². The molecule has 0 bridgehead atoms. The Hall–Kier alpha value is -1.63. The van der Waals surface area contributed by atoms with Gasteiger partial charge in [0.1, 0.15) is 5.75 Å².